The average molecular weight is 447 g/mol. The molecule has 32 heavy (non-hydrogen) atoms. The van der Waals surface area contributed by atoms with Crippen LogP contribution in [0.4, 0.5) is 11.4 Å². The topological polar surface area (TPSA) is 80.9 Å². The largest absolute Gasteiger partial charge is 0.462 e. The first kappa shape index (κ1) is 21.3. The van der Waals surface area contributed by atoms with E-state index in [2.05, 4.69) is 10.3 Å². The highest BCUT2D eigenvalue weighted by Gasteiger charge is 2.13. The molecule has 0 bridgehead atoms. The first-order valence-electron chi connectivity index (χ1n) is 9.95. The molecule has 0 aliphatic heterocycles. The van der Waals surface area contributed by atoms with Gasteiger partial charge in [0.25, 0.3) is 5.91 Å². The zero-order chi connectivity index (χ0) is 22.5. The number of rotatable bonds is 5. The van der Waals surface area contributed by atoms with E-state index < -0.39 is 5.97 Å². The average Bonchev–Trinajstić information content (AvgIpc) is 2.80. The number of nitrogens with one attached hydrogen (secondary N) is 1. The molecule has 7 heteroatoms. The Hall–Kier alpha value is -3.90. The molecule has 0 radical (unpaired) electrons. The van der Waals surface area contributed by atoms with Gasteiger partial charge in [-0.05, 0) is 67.6 Å². The number of halogens is 1. The SMILES string of the molecule is CCOC(=O)c1ccc(N=c2oc3ccccc3cc2C(=O)Nc2ccc(Cl)cc2)cc1. The summed E-state index contributed by atoms with van der Waals surface area (Å²) in [5, 5.41) is 4.18. The molecule has 0 atom stereocenters. The maximum Gasteiger partial charge on any atom is 0.338 e. The molecule has 0 saturated carbocycles. The van der Waals surface area contributed by atoms with Gasteiger partial charge in [-0.3, -0.25) is 4.79 Å². The summed E-state index contributed by atoms with van der Waals surface area (Å²) in [6.45, 7) is 2.05. The molecular weight excluding hydrogens is 428 g/mol. The second kappa shape index (κ2) is 9.49. The third kappa shape index (κ3) is 4.87. The van der Waals surface area contributed by atoms with Crippen molar-refractivity contribution in [3.8, 4) is 0 Å². The molecular formula is C25H19ClN2O4. The molecule has 1 amide bonds. The third-order valence-corrected chi connectivity index (χ3v) is 4.86. The van der Waals surface area contributed by atoms with Crippen LogP contribution in [0.2, 0.25) is 5.02 Å². The lowest BCUT2D eigenvalue weighted by Gasteiger charge is -2.07. The van der Waals surface area contributed by atoms with Gasteiger partial charge in [0.05, 0.1) is 17.9 Å². The van der Waals surface area contributed by atoms with Gasteiger partial charge < -0.3 is 14.5 Å². The summed E-state index contributed by atoms with van der Waals surface area (Å²) in [7, 11) is 0. The van der Waals surface area contributed by atoms with E-state index in [1.165, 1.54) is 0 Å². The highest BCUT2D eigenvalue weighted by Crippen LogP contribution is 2.18. The van der Waals surface area contributed by atoms with Crippen molar-refractivity contribution in [2.75, 3.05) is 11.9 Å². The van der Waals surface area contributed by atoms with E-state index in [1.54, 1.807) is 67.6 Å². The summed E-state index contributed by atoms with van der Waals surface area (Å²) in [5.74, 6) is -0.777. The van der Waals surface area contributed by atoms with Gasteiger partial charge in [-0.15, -0.1) is 0 Å². The molecule has 160 valence electrons. The fourth-order valence-electron chi connectivity index (χ4n) is 3.05. The highest BCUT2D eigenvalue weighted by molar-refractivity contribution is 6.30. The van der Waals surface area contributed by atoms with E-state index >= 15 is 0 Å². The van der Waals surface area contributed by atoms with Crippen molar-refractivity contribution in [2.24, 2.45) is 4.99 Å². The van der Waals surface area contributed by atoms with Crippen LogP contribution in [0.15, 0.2) is 88.3 Å². The number of ether oxygens (including phenoxy) is 1. The number of para-hydroxylation sites is 1. The highest BCUT2D eigenvalue weighted by atomic mass is 35.5. The predicted molar refractivity (Wildman–Crippen MR) is 123 cm³/mol. The molecule has 0 fully saturated rings. The van der Waals surface area contributed by atoms with Crippen LogP contribution < -0.4 is 10.9 Å². The summed E-state index contributed by atoms with van der Waals surface area (Å²) in [4.78, 5) is 29.4. The van der Waals surface area contributed by atoms with Crippen LogP contribution in [0.25, 0.3) is 11.0 Å². The van der Waals surface area contributed by atoms with Gasteiger partial charge in [0.2, 0.25) is 5.55 Å². The van der Waals surface area contributed by atoms with Crippen LogP contribution in [-0.2, 0) is 4.74 Å². The minimum atomic E-state index is -0.405. The molecule has 6 nitrogen and oxygen atoms in total. The van der Waals surface area contributed by atoms with Gasteiger partial charge in [-0.25, -0.2) is 9.79 Å². The number of amides is 1. The van der Waals surface area contributed by atoms with Gasteiger partial charge in [0, 0.05) is 16.1 Å². The molecule has 0 saturated heterocycles. The second-order valence-corrected chi connectivity index (χ2v) is 7.28. The van der Waals surface area contributed by atoms with Crippen molar-refractivity contribution in [1.82, 2.24) is 0 Å². The fourth-order valence-corrected chi connectivity index (χ4v) is 3.18. The number of nitrogens with zero attached hydrogens (tertiary/aromatic N) is 1. The first-order valence-corrected chi connectivity index (χ1v) is 10.3. The van der Waals surface area contributed by atoms with Crippen molar-refractivity contribution in [3.63, 3.8) is 0 Å². The van der Waals surface area contributed by atoms with E-state index in [4.69, 9.17) is 20.8 Å². The number of benzene rings is 3. The van der Waals surface area contributed by atoms with Crippen molar-refractivity contribution in [2.45, 2.75) is 6.92 Å². The standard InChI is InChI=1S/C25H19ClN2O4/c1-2-31-25(30)16-7-11-20(12-8-16)28-24-21(15-17-5-3-4-6-22(17)32-24)23(29)27-19-13-9-18(26)10-14-19/h3-15H,2H2,1H3,(H,27,29). The Balaban J connectivity index is 1.74. The van der Waals surface area contributed by atoms with E-state index in [0.717, 1.165) is 5.39 Å². The number of carbonyl (C=O) groups is 2. The smallest absolute Gasteiger partial charge is 0.338 e. The summed E-state index contributed by atoms with van der Waals surface area (Å²) >= 11 is 5.92. The lowest BCUT2D eigenvalue weighted by Crippen LogP contribution is -2.21. The van der Waals surface area contributed by atoms with Gasteiger partial charge >= 0.3 is 5.97 Å². The van der Waals surface area contributed by atoms with Crippen LogP contribution in [0.3, 0.4) is 0 Å². The van der Waals surface area contributed by atoms with Gasteiger partial charge in [-0.1, -0.05) is 29.8 Å². The van der Waals surface area contributed by atoms with E-state index in [-0.39, 0.29) is 17.0 Å². The van der Waals surface area contributed by atoms with E-state index in [0.29, 0.717) is 34.2 Å². The number of fused-ring (bicyclic) bond motifs is 1. The fraction of sp³-hybridized carbons (Fsp3) is 0.0800. The summed E-state index contributed by atoms with van der Waals surface area (Å²) in [6, 6.07) is 22.5. The number of carbonyl (C=O) groups excluding carboxylic acids is 2. The molecule has 3 aromatic carbocycles. The predicted octanol–water partition coefficient (Wildman–Crippen LogP) is 5.75. The molecule has 0 aliphatic rings. The molecule has 0 spiro atoms. The van der Waals surface area contributed by atoms with Gasteiger partial charge in [-0.2, -0.15) is 0 Å². The number of esters is 1. The van der Waals surface area contributed by atoms with Crippen molar-refractivity contribution in [1.29, 1.82) is 0 Å². The normalized spacial score (nSPS) is 11.4. The monoisotopic (exact) mass is 446 g/mol. The van der Waals surface area contributed by atoms with Crippen LogP contribution in [0.5, 0.6) is 0 Å². The zero-order valence-corrected chi connectivity index (χ0v) is 17.9. The van der Waals surface area contributed by atoms with Crippen molar-refractivity contribution in [3.05, 3.63) is 101 Å². The lowest BCUT2D eigenvalue weighted by molar-refractivity contribution is 0.0526. The summed E-state index contributed by atoms with van der Waals surface area (Å²) in [6.07, 6.45) is 0. The zero-order valence-electron chi connectivity index (χ0n) is 17.2. The van der Waals surface area contributed by atoms with Crippen LogP contribution in [-0.4, -0.2) is 18.5 Å². The Morgan fingerprint density at radius 2 is 1.72 bits per heavy atom. The molecule has 0 aliphatic carbocycles. The van der Waals surface area contributed by atoms with Crippen LogP contribution >= 0.6 is 11.6 Å². The molecule has 1 heterocycles. The Morgan fingerprint density at radius 1 is 1.00 bits per heavy atom. The maximum atomic E-state index is 13.0. The number of hydrogen-bond acceptors (Lipinski definition) is 5. The Bertz CT molecular complexity index is 1340. The molecule has 1 N–H and O–H groups in total. The van der Waals surface area contributed by atoms with Crippen LogP contribution in [0.1, 0.15) is 27.6 Å². The van der Waals surface area contributed by atoms with Crippen LogP contribution in [0, 0.1) is 0 Å². The number of anilines is 1. The Kier molecular flexibility index (Phi) is 6.33. The van der Waals surface area contributed by atoms with Gasteiger partial charge in [0.15, 0.2) is 0 Å². The second-order valence-electron chi connectivity index (χ2n) is 6.84. The Labute approximate surface area is 189 Å². The molecule has 4 aromatic rings. The lowest BCUT2D eigenvalue weighted by atomic mass is 10.1. The minimum absolute atomic E-state index is 0.152. The first-order chi connectivity index (χ1) is 15.5. The van der Waals surface area contributed by atoms with Crippen molar-refractivity contribution >= 4 is 45.8 Å². The van der Waals surface area contributed by atoms with Gasteiger partial charge in [0.1, 0.15) is 11.1 Å². The maximum absolute atomic E-state index is 13.0. The third-order valence-electron chi connectivity index (χ3n) is 4.61. The quantitative estimate of drug-likeness (QED) is 0.396. The minimum Gasteiger partial charge on any atom is -0.462 e. The summed E-state index contributed by atoms with van der Waals surface area (Å²) in [5.41, 5.74) is 2.56. The molecule has 0 unspecified atom stereocenters. The van der Waals surface area contributed by atoms with Crippen molar-refractivity contribution < 1.29 is 18.7 Å². The molecule has 4 rings (SSSR count). The number of hydrogen-bond donors (Lipinski definition) is 1. The van der Waals surface area contributed by atoms with E-state index in [9.17, 15) is 9.59 Å². The Morgan fingerprint density at radius 3 is 2.44 bits per heavy atom. The molecule has 1 aromatic heterocycles. The summed E-state index contributed by atoms with van der Waals surface area (Å²) < 4.78 is 11.0. The van der Waals surface area contributed by atoms with E-state index in [1.807, 2.05) is 18.2 Å².